The van der Waals surface area contributed by atoms with Crippen molar-refractivity contribution in [2.24, 2.45) is 0 Å². The van der Waals surface area contributed by atoms with E-state index in [0.717, 1.165) is 17.6 Å². The summed E-state index contributed by atoms with van der Waals surface area (Å²) in [5, 5.41) is 2.04. The molecule has 0 unspecified atom stereocenters. The predicted octanol–water partition coefficient (Wildman–Crippen LogP) is 2.90. The molecule has 0 fully saturated rings. The molecule has 1 rings (SSSR count). The number of hydrogen-bond acceptors (Lipinski definition) is 4. The Hall–Kier alpha value is -0.390. The number of carbonyl (C=O) groups is 1. The van der Waals surface area contributed by atoms with Crippen LogP contribution in [0.5, 0.6) is 0 Å². The number of esters is 1. The summed E-state index contributed by atoms with van der Waals surface area (Å²) in [6, 6.07) is 2.03. The Balaban J connectivity index is 2.49. The van der Waals surface area contributed by atoms with Gasteiger partial charge in [0.15, 0.2) is 0 Å². The van der Waals surface area contributed by atoms with E-state index >= 15 is 0 Å². The molecule has 0 aliphatic rings. The number of ether oxygens (including phenoxy) is 1. The minimum Gasteiger partial charge on any atom is -0.465 e. The van der Waals surface area contributed by atoms with E-state index in [-0.39, 0.29) is 5.97 Å². The predicted molar refractivity (Wildman–Crippen MR) is 69.6 cm³/mol. The van der Waals surface area contributed by atoms with Crippen molar-refractivity contribution in [2.75, 3.05) is 19.7 Å². The van der Waals surface area contributed by atoms with Crippen molar-refractivity contribution in [2.45, 2.75) is 20.4 Å². The zero-order valence-electron chi connectivity index (χ0n) is 9.53. The lowest BCUT2D eigenvalue weighted by molar-refractivity contribution is -0.144. The molecular formula is C11H16BrNO2S. The molecule has 0 saturated heterocycles. The molecule has 0 bridgehead atoms. The van der Waals surface area contributed by atoms with E-state index in [1.165, 1.54) is 4.88 Å². The van der Waals surface area contributed by atoms with E-state index in [1.54, 1.807) is 11.3 Å². The van der Waals surface area contributed by atoms with Gasteiger partial charge in [-0.15, -0.1) is 11.3 Å². The van der Waals surface area contributed by atoms with Gasteiger partial charge in [0.05, 0.1) is 13.2 Å². The summed E-state index contributed by atoms with van der Waals surface area (Å²) in [7, 11) is 0. The Morgan fingerprint density at radius 3 is 2.81 bits per heavy atom. The van der Waals surface area contributed by atoms with Crippen LogP contribution in [0.1, 0.15) is 18.7 Å². The normalized spacial score (nSPS) is 10.8. The molecule has 0 N–H and O–H groups in total. The van der Waals surface area contributed by atoms with Crippen LogP contribution in [0.3, 0.4) is 0 Å². The second-order valence-electron chi connectivity index (χ2n) is 3.30. The Bertz CT molecular complexity index is 340. The number of rotatable bonds is 6. The van der Waals surface area contributed by atoms with Crippen LogP contribution < -0.4 is 0 Å². The molecule has 0 spiro atoms. The fourth-order valence-electron chi connectivity index (χ4n) is 1.31. The van der Waals surface area contributed by atoms with Gasteiger partial charge in [-0.2, -0.15) is 0 Å². The molecule has 90 valence electrons. The minimum atomic E-state index is -0.156. The zero-order valence-corrected chi connectivity index (χ0v) is 11.9. The van der Waals surface area contributed by atoms with Gasteiger partial charge >= 0.3 is 5.97 Å². The van der Waals surface area contributed by atoms with Crippen LogP contribution in [0.25, 0.3) is 0 Å². The highest BCUT2D eigenvalue weighted by atomic mass is 79.9. The van der Waals surface area contributed by atoms with Crippen molar-refractivity contribution in [3.63, 3.8) is 0 Å². The number of halogens is 1. The van der Waals surface area contributed by atoms with E-state index in [0.29, 0.717) is 13.2 Å². The second kappa shape index (κ2) is 7.04. The van der Waals surface area contributed by atoms with Gasteiger partial charge in [0.2, 0.25) is 0 Å². The van der Waals surface area contributed by atoms with E-state index < -0.39 is 0 Å². The maximum absolute atomic E-state index is 11.4. The zero-order chi connectivity index (χ0) is 12.0. The topological polar surface area (TPSA) is 29.5 Å². The third kappa shape index (κ3) is 4.23. The SMILES string of the molecule is CCOC(=O)CN(CC)Cc1sccc1Br. The summed E-state index contributed by atoms with van der Waals surface area (Å²) in [6.07, 6.45) is 0. The molecule has 0 atom stereocenters. The van der Waals surface area contributed by atoms with Crippen molar-refractivity contribution in [3.8, 4) is 0 Å². The van der Waals surface area contributed by atoms with Crippen molar-refractivity contribution < 1.29 is 9.53 Å². The smallest absolute Gasteiger partial charge is 0.320 e. The molecular weight excluding hydrogens is 290 g/mol. The van der Waals surface area contributed by atoms with Crippen LogP contribution in [0.2, 0.25) is 0 Å². The van der Waals surface area contributed by atoms with E-state index in [9.17, 15) is 4.79 Å². The highest BCUT2D eigenvalue weighted by molar-refractivity contribution is 9.10. The molecule has 16 heavy (non-hydrogen) atoms. The lowest BCUT2D eigenvalue weighted by Gasteiger charge is -2.18. The lowest BCUT2D eigenvalue weighted by Crippen LogP contribution is -2.30. The van der Waals surface area contributed by atoms with E-state index in [2.05, 4.69) is 20.8 Å². The van der Waals surface area contributed by atoms with Gasteiger partial charge in [0.25, 0.3) is 0 Å². The summed E-state index contributed by atoms with van der Waals surface area (Å²) in [5.41, 5.74) is 0. The molecule has 1 aromatic rings. The van der Waals surface area contributed by atoms with Crippen molar-refractivity contribution in [1.82, 2.24) is 4.90 Å². The first kappa shape index (κ1) is 13.7. The fraction of sp³-hybridized carbons (Fsp3) is 0.545. The first-order valence-corrected chi connectivity index (χ1v) is 6.94. The van der Waals surface area contributed by atoms with Crippen LogP contribution in [-0.4, -0.2) is 30.6 Å². The average molecular weight is 306 g/mol. The second-order valence-corrected chi connectivity index (χ2v) is 5.16. The Morgan fingerprint density at radius 2 is 2.31 bits per heavy atom. The molecule has 0 radical (unpaired) electrons. The van der Waals surface area contributed by atoms with Gasteiger partial charge < -0.3 is 4.74 Å². The summed E-state index contributed by atoms with van der Waals surface area (Å²) >= 11 is 5.18. The highest BCUT2D eigenvalue weighted by Crippen LogP contribution is 2.23. The molecule has 0 saturated carbocycles. The largest absolute Gasteiger partial charge is 0.465 e. The Kier molecular flexibility index (Phi) is 6.01. The van der Waals surface area contributed by atoms with Crippen molar-refractivity contribution >= 4 is 33.2 Å². The summed E-state index contributed by atoms with van der Waals surface area (Å²) in [4.78, 5) is 14.7. The highest BCUT2D eigenvalue weighted by Gasteiger charge is 2.12. The maximum Gasteiger partial charge on any atom is 0.320 e. The number of thiophene rings is 1. The van der Waals surface area contributed by atoms with Crippen LogP contribution in [0.15, 0.2) is 15.9 Å². The fourth-order valence-corrected chi connectivity index (χ4v) is 2.83. The van der Waals surface area contributed by atoms with Gasteiger partial charge in [-0.3, -0.25) is 9.69 Å². The average Bonchev–Trinajstić information content (AvgIpc) is 2.64. The number of carbonyl (C=O) groups excluding carboxylic acids is 1. The third-order valence-electron chi connectivity index (χ3n) is 2.16. The van der Waals surface area contributed by atoms with Crippen LogP contribution in [0, 0.1) is 0 Å². The minimum absolute atomic E-state index is 0.156. The van der Waals surface area contributed by atoms with Gasteiger partial charge in [0.1, 0.15) is 0 Å². The number of likely N-dealkylation sites (N-methyl/N-ethyl adjacent to an activating group) is 1. The summed E-state index contributed by atoms with van der Waals surface area (Å²) < 4.78 is 6.05. The van der Waals surface area contributed by atoms with Crippen molar-refractivity contribution in [1.29, 1.82) is 0 Å². The first-order valence-electron chi connectivity index (χ1n) is 5.27. The quantitative estimate of drug-likeness (QED) is 0.757. The van der Waals surface area contributed by atoms with Crippen LogP contribution >= 0.6 is 27.3 Å². The molecule has 0 aliphatic heterocycles. The maximum atomic E-state index is 11.4. The van der Waals surface area contributed by atoms with E-state index in [4.69, 9.17) is 4.74 Å². The van der Waals surface area contributed by atoms with Gasteiger partial charge in [-0.05, 0) is 40.8 Å². The van der Waals surface area contributed by atoms with Crippen molar-refractivity contribution in [3.05, 3.63) is 20.8 Å². The third-order valence-corrected chi connectivity index (χ3v) is 4.07. The molecule has 1 aromatic heterocycles. The van der Waals surface area contributed by atoms with E-state index in [1.807, 2.05) is 25.3 Å². The monoisotopic (exact) mass is 305 g/mol. The van der Waals surface area contributed by atoms with Gasteiger partial charge in [0, 0.05) is 15.9 Å². The summed E-state index contributed by atoms with van der Waals surface area (Å²) in [6.45, 7) is 6.29. The Morgan fingerprint density at radius 1 is 1.56 bits per heavy atom. The molecule has 1 heterocycles. The van der Waals surface area contributed by atoms with Gasteiger partial charge in [-0.1, -0.05) is 6.92 Å². The van der Waals surface area contributed by atoms with Crippen LogP contribution in [-0.2, 0) is 16.1 Å². The molecule has 5 heteroatoms. The first-order chi connectivity index (χ1) is 7.67. The summed E-state index contributed by atoms with van der Waals surface area (Å²) in [5.74, 6) is -0.156. The number of hydrogen-bond donors (Lipinski definition) is 0. The molecule has 0 aromatic carbocycles. The van der Waals surface area contributed by atoms with Gasteiger partial charge in [-0.25, -0.2) is 0 Å². The molecule has 3 nitrogen and oxygen atoms in total. The standard InChI is InChI=1S/C11H16BrNO2S/c1-3-13(8-11(14)15-4-2)7-10-9(12)5-6-16-10/h5-6H,3-4,7-8H2,1-2H3. The molecule has 0 aliphatic carbocycles. The number of nitrogens with zero attached hydrogens (tertiary/aromatic N) is 1. The Labute approximate surface area is 109 Å². The lowest BCUT2D eigenvalue weighted by atomic mass is 10.4. The van der Waals surface area contributed by atoms with Crippen LogP contribution in [0.4, 0.5) is 0 Å². The molecule has 0 amide bonds.